The fraction of sp³-hybridized carbons (Fsp3) is 0.421. The summed E-state index contributed by atoms with van der Waals surface area (Å²) in [6.07, 6.45) is 2.22. The maximum atomic E-state index is 12.3. The van der Waals surface area contributed by atoms with Gasteiger partial charge in [-0.25, -0.2) is 0 Å². The van der Waals surface area contributed by atoms with E-state index in [4.69, 9.17) is 0 Å². The summed E-state index contributed by atoms with van der Waals surface area (Å²) >= 11 is 0. The molecule has 0 aliphatic rings. The van der Waals surface area contributed by atoms with E-state index in [9.17, 15) is 4.79 Å². The van der Waals surface area contributed by atoms with E-state index in [0.717, 1.165) is 22.3 Å². The van der Waals surface area contributed by atoms with Crippen LogP contribution in [0, 0.1) is 6.92 Å². The Morgan fingerprint density at radius 3 is 2.60 bits per heavy atom. The molecule has 0 saturated carbocycles. The minimum absolute atomic E-state index is 0.00299. The second-order valence-corrected chi connectivity index (χ2v) is 6.68. The average molecular weight is 339 g/mol. The molecule has 6 heteroatoms. The summed E-state index contributed by atoms with van der Waals surface area (Å²) in [4.78, 5) is 12.3. The van der Waals surface area contributed by atoms with Crippen molar-refractivity contribution in [2.75, 3.05) is 0 Å². The Morgan fingerprint density at radius 1 is 1.20 bits per heavy atom. The highest BCUT2D eigenvalue weighted by Gasteiger charge is 2.16. The molecule has 6 nitrogen and oxygen atoms in total. The summed E-state index contributed by atoms with van der Waals surface area (Å²) < 4.78 is 3.86. The Bertz CT molecular complexity index is 863. The molecule has 2 aromatic heterocycles. The van der Waals surface area contributed by atoms with E-state index in [-0.39, 0.29) is 18.0 Å². The van der Waals surface area contributed by atoms with E-state index < -0.39 is 0 Å². The molecule has 132 valence electrons. The first-order valence-electron chi connectivity index (χ1n) is 8.72. The third kappa shape index (κ3) is 3.57. The number of benzene rings is 1. The van der Waals surface area contributed by atoms with Crippen molar-refractivity contribution in [3.05, 3.63) is 47.8 Å². The largest absolute Gasteiger partial charge is 0.350 e. The smallest absolute Gasteiger partial charge is 0.222 e. The van der Waals surface area contributed by atoms with E-state index in [0.29, 0.717) is 13.0 Å². The summed E-state index contributed by atoms with van der Waals surface area (Å²) in [6.45, 7) is 8.72. The summed E-state index contributed by atoms with van der Waals surface area (Å²) in [5, 5.41) is 12.1. The third-order valence-corrected chi connectivity index (χ3v) is 4.38. The van der Waals surface area contributed by atoms with Gasteiger partial charge in [0.1, 0.15) is 11.0 Å². The molecule has 3 rings (SSSR count). The van der Waals surface area contributed by atoms with E-state index in [1.165, 1.54) is 0 Å². The van der Waals surface area contributed by atoms with Crippen LogP contribution in [0.1, 0.15) is 50.5 Å². The monoisotopic (exact) mass is 339 g/mol. The Balaban J connectivity index is 1.66. The second kappa shape index (κ2) is 7.09. The average Bonchev–Trinajstić information content (AvgIpc) is 3.15. The zero-order valence-electron chi connectivity index (χ0n) is 15.2. The number of rotatable bonds is 6. The molecular weight excluding hydrogens is 314 g/mol. The SMILES string of the molecule is Cc1nn(C(C)C)c2cnn(CCC(=O)NC(C)c3ccccc3)c12. The van der Waals surface area contributed by atoms with Crippen LogP contribution in [-0.4, -0.2) is 25.5 Å². The van der Waals surface area contributed by atoms with Crippen LogP contribution in [0.4, 0.5) is 0 Å². The van der Waals surface area contributed by atoms with Crippen molar-refractivity contribution >= 4 is 16.9 Å². The van der Waals surface area contributed by atoms with Gasteiger partial charge >= 0.3 is 0 Å². The summed E-state index contributed by atoms with van der Waals surface area (Å²) in [7, 11) is 0. The highest BCUT2D eigenvalue weighted by Crippen LogP contribution is 2.21. The molecule has 1 N–H and O–H groups in total. The van der Waals surface area contributed by atoms with Gasteiger partial charge in [-0.3, -0.25) is 14.2 Å². The number of nitrogens with zero attached hydrogens (tertiary/aromatic N) is 4. The molecule has 0 bridgehead atoms. The first-order valence-corrected chi connectivity index (χ1v) is 8.72. The van der Waals surface area contributed by atoms with Gasteiger partial charge in [-0.15, -0.1) is 0 Å². The van der Waals surface area contributed by atoms with Gasteiger partial charge in [-0.1, -0.05) is 30.3 Å². The molecule has 0 fully saturated rings. The molecule has 1 unspecified atom stereocenters. The molecule has 2 heterocycles. The summed E-state index contributed by atoms with van der Waals surface area (Å²) in [5.41, 5.74) is 4.08. The lowest BCUT2D eigenvalue weighted by molar-refractivity contribution is -0.122. The van der Waals surface area contributed by atoms with E-state index in [1.807, 2.05) is 59.7 Å². The fourth-order valence-electron chi connectivity index (χ4n) is 3.09. The quantitative estimate of drug-likeness (QED) is 0.749. The lowest BCUT2D eigenvalue weighted by Crippen LogP contribution is -2.27. The first kappa shape index (κ1) is 17.2. The number of hydrogen-bond donors (Lipinski definition) is 1. The Morgan fingerprint density at radius 2 is 1.92 bits per heavy atom. The predicted molar refractivity (Wildman–Crippen MR) is 98.3 cm³/mol. The van der Waals surface area contributed by atoms with Crippen LogP contribution in [0.25, 0.3) is 11.0 Å². The summed E-state index contributed by atoms with van der Waals surface area (Å²) in [5.74, 6) is 0.0221. The number of hydrogen-bond acceptors (Lipinski definition) is 3. The normalized spacial score (nSPS) is 12.7. The zero-order valence-corrected chi connectivity index (χ0v) is 15.2. The molecular formula is C19H25N5O. The van der Waals surface area contributed by atoms with Crippen LogP contribution >= 0.6 is 0 Å². The van der Waals surface area contributed by atoms with Crippen molar-refractivity contribution in [1.82, 2.24) is 24.9 Å². The number of aryl methyl sites for hydroxylation is 2. The van der Waals surface area contributed by atoms with Crippen molar-refractivity contribution in [1.29, 1.82) is 0 Å². The number of fused-ring (bicyclic) bond motifs is 1. The van der Waals surface area contributed by atoms with Crippen molar-refractivity contribution < 1.29 is 4.79 Å². The molecule has 1 aromatic carbocycles. The van der Waals surface area contributed by atoms with Gasteiger partial charge < -0.3 is 5.32 Å². The molecule has 0 aliphatic carbocycles. The number of aromatic nitrogens is 4. The molecule has 0 spiro atoms. The van der Waals surface area contributed by atoms with Gasteiger partial charge in [0.05, 0.1) is 24.5 Å². The number of carbonyl (C=O) groups excluding carboxylic acids is 1. The summed E-state index contributed by atoms with van der Waals surface area (Å²) in [6, 6.07) is 10.2. The molecule has 25 heavy (non-hydrogen) atoms. The maximum Gasteiger partial charge on any atom is 0.222 e. The highest BCUT2D eigenvalue weighted by atomic mass is 16.1. The van der Waals surface area contributed by atoms with E-state index in [1.54, 1.807) is 0 Å². The van der Waals surface area contributed by atoms with Crippen LogP contribution < -0.4 is 5.32 Å². The van der Waals surface area contributed by atoms with Crippen LogP contribution in [0.15, 0.2) is 36.5 Å². The number of nitrogens with one attached hydrogen (secondary N) is 1. The highest BCUT2D eigenvalue weighted by molar-refractivity contribution is 5.79. The maximum absolute atomic E-state index is 12.3. The first-order chi connectivity index (χ1) is 12.0. The zero-order chi connectivity index (χ0) is 18.0. The lowest BCUT2D eigenvalue weighted by Gasteiger charge is -2.14. The van der Waals surface area contributed by atoms with Gasteiger partial charge in [0.15, 0.2) is 0 Å². The molecule has 0 radical (unpaired) electrons. The Labute approximate surface area is 147 Å². The standard InChI is InChI=1S/C19H25N5O/c1-13(2)24-17-12-20-23(19(17)15(4)22-24)11-10-18(25)21-14(3)16-8-6-5-7-9-16/h5-9,12-14H,10-11H2,1-4H3,(H,21,25). The fourth-order valence-corrected chi connectivity index (χ4v) is 3.09. The van der Waals surface area contributed by atoms with Gasteiger partial charge in [0.2, 0.25) is 5.91 Å². The molecule has 0 aliphatic heterocycles. The van der Waals surface area contributed by atoms with Crippen LogP contribution in [-0.2, 0) is 11.3 Å². The molecule has 0 saturated heterocycles. The third-order valence-electron chi connectivity index (χ3n) is 4.38. The minimum atomic E-state index is -0.00299. The number of amides is 1. The molecule has 1 atom stereocenters. The lowest BCUT2D eigenvalue weighted by atomic mass is 10.1. The predicted octanol–water partition coefficient (Wildman–Crippen LogP) is 3.39. The van der Waals surface area contributed by atoms with Gasteiger partial charge in [0, 0.05) is 12.5 Å². The molecule has 1 amide bonds. The Kier molecular flexibility index (Phi) is 4.88. The van der Waals surface area contributed by atoms with Crippen LogP contribution in [0.2, 0.25) is 0 Å². The van der Waals surface area contributed by atoms with Crippen LogP contribution in [0.5, 0.6) is 0 Å². The van der Waals surface area contributed by atoms with Crippen molar-refractivity contribution in [2.24, 2.45) is 0 Å². The van der Waals surface area contributed by atoms with Gasteiger partial charge in [0.25, 0.3) is 0 Å². The van der Waals surface area contributed by atoms with Gasteiger partial charge in [-0.2, -0.15) is 10.2 Å². The van der Waals surface area contributed by atoms with Crippen molar-refractivity contribution in [3.63, 3.8) is 0 Å². The second-order valence-electron chi connectivity index (χ2n) is 6.68. The number of carbonyl (C=O) groups is 1. The van der Waals surface area contributed by atoms with Crippen molar-refractivity contribution in [2.45, 2.75) is 52.7 Å². The minimum Gasteiger partial charge on any atom is -0.350 e. The van der Waals surface area contributed by atoms with Crippen LogP contribution in [0.3, 0.4) is 0 Å². The van der Waals surface area contributed by atoms with E-state index in [2.05, 4.69) is 29.4 Å². The van der Waals surface area contributed by atoms with Gasteiger partial charge in [-0.05, 0) is 33.3 Å². The van der Waals surface area contributed by atoms with Crippen molar-refractivity contribution in [3.8, 4) is 0 Å². The Hall–Kier alpha value is -2.63. The topological polar surface area (TPSA) is 64.7 Å². The molecule has 3 aromatic rings. The van der Waals surface area contributed by atoms with E-state index >= 15 is 0 Å².